The van der Waals surface area contributed by atoms with E-state index in [1.54, 1.807) is 42.5 Å². The molecule has 0 saturated carbocycles. The van der Waals surface area contributed by atoms with Crippen LogP contribution < -0.4 is 4.74 Å². The predicted octanol–water partition coefficient (Wildman–Crippen LogP) is 4.81. The molecule has 0 aromatic heterocycles. The zero-order valence-electron chi connectivity index (χ0n) is 13.3. The third kappa shape index (κ3) is 4.26. The van der Waals surface area contributed by atoms with Gasteiger partial charge >= 0.3 is 5.97 Å². The Morgan fingerprint density at radius 1 is 0.840 bits per heavy atom. The van der Waals surface area contributed by atoms with Gasteiger partial charge in [-0.05, 0) is 53.6 Å². The Bertz CT molecular complexity index is 914. The van der Waals surface area contributed by atoms with Crippen LogP contribution in [0, 0.1) is 0 Å². The highest BCUT2D eigenvalue weighted by atomic mass is 16.5. The zero-order valence-corrected chi connectivity index (χ0v) is 13.3. The van der Waals surface area contributed by atoms with E-state index >= 15 is 0 Å². The molecule has 25 heavy (non-hydrogen) atoms. The van der Waals surface area contributed by atoms with Gasteiger partial charge in [-0.15, -0.1) is 0 Å². The standard InChI is InChI=1S/C21H16O4/c22-17-8-5-7-16(14-17)20(21(23)24)13-15-6-4-11-19(12-15)25-18-9-2-1-3-10-18/h1-14,22H,(H,23,24)/b20-13-. The van der Waals surface area contributed by atoms with Gasteiger partial charge in [0.25, 0.3) is 0 Å². The van der Waals surface area contributed by atoms with E-state index in [0.29, 0.717) is 22.6 Å². The van der Waals surface area contributed by atoms with Gasteiger partial charge in [0.05, 0.1) is 5.57 Å². The quantitative estimate of drug-likeness (QED) is 0.520. The molecule has 0 radical (unpaired) electrons. The van der Waals surface area contributed by atoms with Crippen LogP contribution in [0.3, 0.4) is 0 Å². The highest BCUT2D eigenvalue weighted by Crippen LogP contribution is 2.26. The molecular weight excluding hydrogens is 316 g/mol. The lowest BCUT2D eigenvalue weighted by molar-refractivity contribution is -0.130. The monoisotopic (exact) mass is 332 g/mol. The van der Waals surface area contributed by atoms with Gasteiger partial charge in [0.15, 0.2) is 0 Å². The largest absolute Gasteiger partial charge is 0.508 e. The third-order valence-electron chi connectivity index (χ3n) is 3.54. The molecule has 0 aliphatic rings. The number of carboxylic acids is 1. The van der Waals surface area contributed by atoms with Crippen molar-refractivity contribution in [3.63, 3.8) is 0 Å². The first-order valence-corrected chi connectivity index (χ1v) is 7.69. The number of phenols is 1. The molecular formula is C21H16O4. The molecule has 0 aliphatic carbocycles. The van der Waals surface area contributed by atoms with E-state index in [4.69, 9.17) is 4.74 Å². The maximum absolute atomic E-state index is 11.6. The van der Waals surface area contributed by atoms with Gasteiger partial charge in [-0.1, -0.05) is 42.5 Å². The molecule has 0 bridgehead atoms. The summed E-state index contributed by atoms with van der Waals surface area (Å²) in [5.74, 6) is 0.265. The molecule has 0 atom stereocenters. The van der Waals surface area contributed by atoms with Crippen molar-refractivity contribution >= 4 is 17.6 Å². The number of phenolic OH excluding ortho intramolecular Hbond substituents is 1. The Kier molecular flexibility index (Phi) is 4.81. The Morgan fingerprint density at radius 3 is 2.28 bits per heavy atom. The average Bonchev–Trinajstić information content (AvgIpc) is 2.61. The van der Waals surface area contributed by atoms with Gasteiger partial charge in [0.1, 0.15) is 17.2 Å². The number of carbonyl (C=O) groups is 1. The lowest BCUT2D eigenvalue weighted by Gasteiger charge is -2.07. The molecule has 2 N–H and O–H groups in total. The highest BCUT2D eigenvalue weighted by Gasteiger charge is 2.11. The van der Waals surface area contributed by atoms with Crippen LogP contribution in [0.4, 0.5) is 0 Å². The first-order chi connectivity index (χ1) is 12.1. The van der Waals surface area contributed by atoms with E-state index < -0.39 is 5.97 Å². The smallest absolute Gasteiger partial charge is 0.336 e. The Morgan fingerprint density at radius 2 is 1.56 bits per heavy atom. The van der Waals surface area contributed by atoms with Crippen molar-refractivity contribution in [2.75, 3.05) is 0 Å². The molecule has 0 fully saturated rings. The Hall–Kier alpha value is -3.53. The van der Waals surface area contributed by atoms with Gasteiger partial charge in [0, 0.05) is 0 Å². The van der Waals surface area contributed by atoms with Crippen LogP contribution in [0.15, 0.2) is 78.9 Å². The molecule has 0 aliphatic heterocycles. The van der Waals surface area contributed by atoms with Crippen molar-refractivity contribution in [2.45, 2.75) is 0 Å². The van der Waals surface area contributed by atoms with Crippen LogP contribution in [0.2, 0.25) is 0 Å². The maximum Gasteiger partial charge on any atom is 0.336 e. The number of hydrogen-bond donors (Lipinski definition) is 2. The summed E-state index contributed by atoms with van der Waals surface area (Å²) in [5.41, 5.74) is 1.21. The third-order valence-corrected chi connectivity index (χ3v) is 3.54. The summed E-state index contributed by atoms with van der Waals surface area (Å²) in [4.78, 5) is 11.6. The molecule has 0 unspecified atom stereocenters. The van der Waals surface area contributed by atoms with Crippen LogP contribution in [0.25, 0.3) is 11.6 Å². The van der Waals surface area contributed by atoms with Crippen LogP contribution in [-0.2, 0) is 4.79 Å². The minimum Gasteiger partial charge on any atom is -0.508 e. The lowest BCUT2D eigenvalue weighted by atomic mass is 10.0. The Balaban J connectivity index is 1.93. The summed E-state index contributed by atoms with van der Waals surface area (Å²) in [6, 6.07) is 22.7. The fraction of sp³-hybridized carbons (Fsp3) is 0. The predicted molar refractivity (Wildman–Crippen MR) is 96.6 cm³/mol. The number of ether oxygens (including phenoxy) is 1. The van der Waals surface area contributed by atoms with E-state index in [0.717, 1.165) is 0 Å². The summed E-state index contributed by atoms with van der Waals surface area (Å²) in [6.45, 7) is 0. The van der Waals surface area contributed by atoms with Gasteiger partial charge in [0.2, 0.25) is 0 Å². The number of rotatable bonds is 5. The van der Waals surface area contributed by atoms with E-state index in [-0.39, 0.29) is 11.3 Å². The molecule has 3 aromatic carbocycles. The average molecular weight is 332 g/mol. The van der Waals surface area contributed by atoms with Crippen molar-refractivity contribution in [3.8, 4) is 17.2 Å². The molecule has 3 rings (SSSR count). The molecule has 0 heterocycles. The molecule has 0 spiro atoms. The highest BCUT2D eigenvalue weighted by molar-refractivity contribution is 6.20. The number of aliphatic carboxylic acids is 1. The minimum absolute atomic E-state index is 0.0193. The van der Waals surface area contributed by atoms with Crippen LogP contribution in [-0.4, -0.2) is 16.2 Å². The van der Waals surface area contributed by atoms with Crippen LogP contribution in [0.5, 0.6) is 17.2 Å². The van der Waals surface area contributed by atoms with Crippen molar-refractivity contribution < 1.29 is 19.7 Å². The van der Waals surface area contributed by atoms with Crippen LogP contribution in [0.1, 0.15) is 11.1 Å². The van der Waals surface area contributed by atoms with Crippen molar-refractivity contribution in [2.24, 2.45) is 0 Å². The van der Waals surface area contributed by atoms with E-state index in [9.17, 15) is 15.0 Å². The van der Waals surface area contributed by atoms with Crippen molar-refractivity contribution in [1.29, 1.82) is 0 Å². The topological polar surface area (TPSA) is 66.8 Å². The summed E-state index contributed by atoms with van der Waals surface area (Å²) >= 11 is 0. The second-order valence-corrected chi connectivity index (χ2v) is 5.40. The van der Waals surface area contributed by atoms with Crippen molar-refractivity contribution in [3.05, 3.63) is 90.0 Å². The fourth-order valence-electron chi connectivity index (χ4n) is 2.40. The lowest BCUT2D eigenvalue weighted by Crippen LogP contribution is -1.99. The number of para-hydroxylation sites is 1. The minimum atomic E-state index is -1.07. The normalized spacial score (nSPS) is 11.1. The molecule has 4 nitrogen and oxygen atoms in total. The first-order valence-electron chi connectivity index (χ1n) is 7.69. The maximum atomic E-state index is 11.6. The number of carboxylic acid groups (broad SMARTS) is 1. The Labute approximate surface area is 145 Å². The summed E-state index contributed by atoms with van der Waals surface area (Å²) in [7, 11) is 0. The van der Waals surface area contributed by atoms with E-state index in [2.05, 4.69) is 0 Å². The fourth-order valence-corrected chi connectivity index (χ4v) is 2.40. The van der Waals surface area contributed by atoms with Gasteiger partial charge in [-0.3, -0.25) is 0 Å². The van der Waals surface area contributed by atoms with Gasteiger partial charge < -0.3 is 14.9 Å². The molecule has 4 heteroatoms. The molecule has 0 amide bonds. The first kappa shape index (κ1) is 16.3. The number of hydrogen-bond acceptors (Lipinski definition) is 3. The number of aromatic hydroxyl groups is 1. The zero-order chi connectivity index (χ0) is 17.6. The van der Waals surface area contributed by atoms with E-state index in [1.807, 2.05) is 30.3 Å². The second kappa shape index (κ2) is 7.36. The van der Waals surface area contributed by atoms with Crippen molar-refractivity contribution in [1.82, 2.24) is 0 Å². The van der Waals surface area contributed by atoms with Crippen LogP contribution >= 0.6 is 0 Å². The summed E-state index contributed by atoms with van der Waals surface area (Å²) in [5, 5.41) is 19.1. The molecule has 3 aromatic rings. The molecule has 124 valence electrons. The summed E-state index contributed by atoms with van der Waals surface area (Å²) in [6.07, 6.45) is 1.55. The van der Waals surface area contributed by atoms with Gasteiger partial charge in [-0.25, -0.2) is 4.79 Å². The summed E-state index contributed by atoms with van der Waals surface area (Å²) < 4.78 is 5.77. The van der Waals surface area contributed by atoms with E-state index in [1.165, 1.54) is 12.1 Å². The van der Waals surface area contributed by atoms with Gasteiger partial charge in [-0.2, -0.15) is 0 Å². The SMILES string of the molecule is O=C(O)/C(=C\c1cccc(Oc2ccccc2)c1)c1cccc(O)c1. The molecule has 0 saturated heterocycles. The number of benzene rings is 3. The second-order valence-electron chi connectivity index (χ2n) is 5.40.